The van der Waals surface area contributed by atoms with E-state index in [4.69, 9.17) is 9.47 Å². The minimum atomic E-state index is -1.79. The third-order valence-corrected chi connectivity index (χ3v) is 13.3. The maximum absolute atomic E-state index is 13.2. The van der Waals surface area contributed by atoms with Crippen LogP contribution >= 0.6 is 0 Å². The molecule has 0 amide bonds. The molecule has 0 fully saturated rings. The molecule has 1 aromatic rings. The molecule has 4 heteroatoms. The molecule has 0 bridgehead atoms. The van der Waals surface area contributed by atoms with E-state index in [0.29, 0.717) is 40.8 Å². The molecule has 176 valence electrons. The molecule has 0 N–H and O–H groups in total. The van der Waals surface area contributed by atoms with Crippen LogP contribution in [0.3, 0.4) is 0 Å². The van der Waals surface area contributed by atoms with E-state index in [2.05, 4.69) is 65.2 Å². The number of methoxy groups -OCH3 is 1. The van der Waals surface area contributed by atoms with Crippen LogP contribution in [-0.4, -0.2) is 27.3 Å². The van der Waals surface area contributed by atoms with Gasteiger partial charge in [0.2, 0.25) is 0 Å². The lowest BCUT2D eigenvalue weighted by molar-refractivity contribution is 0.0284. The zero-order valence-electron chi connectivity index (χ0n) is 21.2. The summed E-state index contributed by atoms with van der Waals surface area (Å²) in [7, 11) is -0.185. The smallest absolute Gasteiger partial charge is 0.342 e. The summed E-state index contributed by atoms with van der Waals surface area (Å²) in [5.41, 5.74) is 7.06. The molecule has 0 saturated heterocycles. The van der Waals surface area contributed by atoms with Gasteiger partial charge in [0.05, 0.1) is 7.11 Å². The molecular formula is C28H42O3Si. The Morgan fingerprint density at radius 3 is 2.38 bits per heavy atom. The molecule has 1 aromatic carbocycles. The van der Waals surface area contributed by atoms with E-state index in [1.807, 2.05) is 18.2 Å². The van der Waals surface area contributed by atoms with Crippen molar-refractivity contribution in [3.05, 3.63) is 41.5 Å². The van der Waals surface area contributed by atoms with E-state index in [9.17, 15) is 4.79 Å². The Morgan fingerprint density at radius 2 is 1.75 bits per heavy atom. The van der Waals surface area contributed by atoms with Gasteiger partial charge in [-0.1, -0.05) is 65.8 Å². The Bertz CT molecular complexity index is 820. The number of hydrogen-bond acceptors (Lipinski definition) is 3. The summed E-state index contributed by atoms with van der Waals surface area (Å²) >= 11 is 0. The average Bonchev–Trinajstić information content (AvgIpc) is 2.73. The second-order valence-electron chi connectivity index (χ2n) is 9.88. The van der Waals surface area contributed by atoms with E-state index >= 15 is 0 Å². The maximum atomic E-state index is 13.2. The monoisotopic (exact) mass is 454 g/mol. The van der Waals surface area contributed by atoms with Crippen molar-refractivity contribution in [2.24, 2.45) is 0 Å². The first-order chi connectivity index (χ1) is 15.2. The van der Waals surface area contributed by atoms with Crippen LogP contribution in [0.5, 0.6) is 5.75 Å². The zero-order valence-corrected chi connectivity index (χ0v) is 22.2. The molecule has 0 radical (unpaired) electrons. The number of hydrogen-bond donors (Lipinski definition) is 0. The van der Waals surface area contributed by atoms with Crippen LogP contribution in [0.4, 0.5) is 0 Å². The number of carbonyl (C=O) groups is 1. The molecule has 0 aromatic heterocycles. The lowest BCUT2D eigenvalue weighted by Crippen LogP contribution is -2.43. The van der Waals surface area contributed by atoms with Crippen molar-refractivity contribution in [1.29, 1.82) is 0 Å². The Hall–Kier alpha value is -1.99. The summed E-state index contributed by atoms with van der Waals surface area (Å²) < 4.78 is 11.6. The highest BCUT2D eigenvalue weighted by atomic mass is 28.3. The SMILES string of the molecule is COc1cccc2c1C(=O)OC(CC#C[Si](C(C)C)(C(C)C)C(C)C)CCCC/C=C/C2. The van der Waals surface area contributed by atoms with Gasteiger partial charge in [-0.25, -0.2) is 4.79 Å². The summed E-state index contributed by atoms with van der Waals surface area (Å²) in [6.45, 7) is 14.0. The van der Waals surface area contributed by atoms with E-state index in [-0.39, 0.29) is 12.1 Å². The summed E-state index contributed by atoms with van der Waals surface area (Å²) in [6, 6.07) is 5.75. The highest BCUT2D eigenvalue weighted by Gasteiger charge is 2.41. The second-order valence-corrected chi connectivity index (χ2v) is 15.5. The molecule has 1 atom stereocenters. The van der Waals surface area contributed by atoms with Crippen molar-refractivity contribution < 1.29 is 14.3 Å². The van der Waals surface area contributed by atoms with E-state index in [0.717, 1.165) is 31.2 Å². The van der Waals surface area contributed by atoms with Crippen LogP contribution in [-0.2, 0) is 11.2 Å². The molecule has 3 nitrogen and oxygen atoms in total. The van der Waals surface area contributed by atoms with Crippen LogP contribution in [0.25, 0.3) is 0 Å². The summed E-state index contributed by atoms with van der Waals surface area (Å²) in [4.78, 5) is 13.2. The first-order valence-corrected chi connectivity index (χ1v) is 14.5. The average molecular weight is 455 g/mol. The third kappa shape index (κ3) is 6.29. The lowest BCUT2D eigenvalue weighted by Gasteiger charge is -2.38. The normalized spacial score (nSPS) is 18.8. The Kier molecular flexibility index (Phi) is 10.1. The topological polar surface area (TPSA) is 35.5 Å². The summed E-state index contributed by atoms with van der Waals surface area (Å²) in [5.74, 6) is 3.80. The second kappa shape index (κ2) is 12.3. The Morgan fingerprint density at radius 1 is 1.06 bits per heavy atom. The molecule has 0 aliphatic carbocycles. The van der Waals surface area contributed by atoms with Crippen molar-refractivity contribution in [3.63, 3.8) is 0 Å². The predicted molar refractivity (Wildman–Crippen MR) is 137 cm³/mol. The van der Waals surface area contributed by atoms with Crippen molar-refractivity contribution in [3.8, 4) is 17.2 Å². The van der Waals surface area contributed by atoms with Crippen molar-refractivity contribution in [1.82, 2.24) is 0 Å². The molecule has 1 aliphatic rings. The number of cyclic esters (lactones) is 1. The first-order valence-electron chi connectivity index (χ1n) is 12.3. The lowest BCUT2D eigenvalue weighted by atomic mass is 10.0. The summed E-state index contributed by atoms with van der Waals surface area (Å²) in [6.07, 6.45) is 9.52. The number of esters is 1. The maximum Gasteiger partial charge on any atom is 0.342 e. The molecule has 32 heavy (non-hydrogen) atoms. The molecule has 0 saturated carbocycles. The standard InChI is InChI=1S/C28H42O3Si/c1-21(2)32(22(3)4,23(5)6)20-14-18-25-17-12-10-8-9-11-15-24-16-13-19-26(30-7)27(24)28(29)31-25/h9,11,13,16,19,21-23,25H,8,10,12,15,17-18H2,1-7H3/b11-9+. The van der Waals surface area contributed by atoms with Gasteiger partial charge in [-0.3, -0.25) is 0 Å². The van der Waals surface area contributed by atoms with Crippen LogP contribution in [0.1, 0.15) is 89.6 Å². The molecule has 1 aliphatic heterocycles. The largest absolute Gasteiger partial charge is 0.496 e. The first kappa shape index (κ1) is 26.3. The van der Waals surface area contributed by atoms with Gasteiger partial charge in [-0.15, -0.1) is 11.5 Å². The highest BCUT2D eigenvalue weighted by molar-refractivity contribution is 6.90. The Balaban J connectivity index is 2.32. The van der Waals surface area contributed by atoms with Gasteiger partial charge in [0, 0.05) is 6.42 Å². The van der Waals surface area contributed by atoms with Gasteiger partial charge in [-0.2, -0.15) is 0 Å². The zero-order chi connectivity index (χ0) is 23.7. The number of ether oxygens (including phenoxy) is 2. The predicted octanol–water partition coefficient (Wildman–Crippen LogP) is 7.50. The summed E-state index contributed by atoms with van der Waals surface area (Å²) in [5, 5.41) is 0. The number of benzene rings is 1. The van der Waals surface area contributed by atoms with Crippen LogP contribution in [0.2, 0.25) is 16.6 Å². The van der Waals surface area contributed by atoms with Crippen LogP contribution in [0, 0.1) is 11.5 Å². The minimum absolute atomic E-state index is 0.186. The van der Waals surface area contributed by atoms with Gasteiger partial charge in [-0.05, 0) is 60.4 Å². The van der Waals surface area contributed by atoms with Crippen molar-refractivity contribution in [2.45, 2.75) is 103 Å². The van der Waals surface area contributed by atoms with Crippen LogP contribution < -0.4 is 4.74 Å². The molecular weight excluding hydrogens is 412 g/mol. The highest BCUT2D eigenvalue weighted by Crippen LogP contribution is 2.40. The van der Waals surface area contributed by atoms with E-state index in [1.165, 1.54) is 0 Å². The van der Waals surface area contributed by atoms with E-state index in [1.54, 1.807) is 7.11 Å². The number of rotatable bonds is 5. The number of fused-ring (bicyclic) bond motifs is 1. The quantitative estimate of drug-likeness (QED) is 0.200. The minimum Gasteiger partial charge on any atom is -0.496 e. The van der Waals surface area contributed by atoms with Gasteiger partial charge >= 0.3 is 5.97 Å². The molecule has 2 rings (SSSR count). The molecule has 1 unspecified atom stereocenters. The van der Waals surface area contributed by atoms with Gasteiger partial charge in [0.15, 0.2) is 0 Å². The third-order valence-electron chi connectivity index (χ3n) is 6.96. The van der Waals surface area contributed by atoms with E-state index < -0.39 is 8.07 Å². The Labute approximate surface area is 197 Å². The molecule has 0 spiro atoms. The van der Waals surface area contributed by atoms with Crippen molar-refractivity contribution >= 4 is 14.0 Å². The fraction of sp³-hybridized carbons (Fsp3) is 0.607. The number of allylic oxidation sites excluding steroid dienone is 2. The van der Waals surface area contributed by atoms with Gasteiger partial charge < -0.3 is 9.47 Å². The fourth-order valence-electron chi connectivity index (χ4n) is 5.27. The molecule has 1 heterocycles. The van der Waals surface area contributed by atoms with Gasteiger partial charge in [0.1, 0.15) is 25.5 Å². The fourth-order valence-corrected chi connectivity index (χ4v) is 10.5. The van der Waals surface area contributed by atoms with Crippen LogP contribution in [0.15, 0.2) is 30.4 Å². The number of carbonyl (C=O) groups excluding carboxylic acids is 1. The van der Waals surface area contributed by atoms with Crippen molar-refractivity contribution in [2.75, 3.05) is 7.11 Å². The van der Waals surface area contributed by atoms with Gasteiger partial charge in [0.25, 0.3) is 0 Å².